The Labute approximate surface area is 151 Å². The van der Waals surface area contributed by atoms with Gasteiger partial charge in [0.2, 0.25) is 5.91 Å². The molecule has 0 spiro atoms. The number of amides is 1. The van der Waals surface area contributed by atoms with Crippen molar-refractivity contribution in [3.05, 3.63) is 69.7 Å². The lowest BCUT2D eigenvalue weighted by Crippen LogP contribution is -2.25. The molecule has 0 fully saturated rings. The molecule has 23 heavy (non-hydrogen) atoms. The predicted molar refractivity (Wildman–Crippen MR) is 100 cm³/mol. The van der Waals surface area contributed by atoms with Crippen LogP contribution in [-0.4, -0.2) is 18.2 Å². The van der Waals surface area contributed by atoms with E-state index in [4.69, 9.17) is 23.2 Å². The highest BCUT2D eigenvalue weighted by atomic mass is 35.5. The number of benzene rings is 2. The van der Waals surface area contributed by atoms with Crippen LogP contribution in [0, 0.1) is 0 Å². The van der Waals surface area contributed by atoms with Gasteiger partial charge in [-0.15, -0.1) is 0 Å². The van der Waals surface area contributed by atoms with Gasteiger partial charge in [0.15, 0.2) is 0 Å². The van der Waals surface area contributed by atoms with Crippen LogP contribution in [0.2, 0.25) is 10.0 Å². The van der Waals surface area contributed by atoms with Crippen LogP contribution in [0.25, 0.3) is 0 Å². The summed E-state index contributed by atoms with van der Waals surface area (Å²) in [5.41, 5.74) is 2.26. The summed E-state index contributed by atoms with van der Waals surface area (Å²) in [6.07, 6.45) is 1.06. The summed E-state index contributed by atoms with van der Waals surface area (Å²) in [5, 5.41) is 4.17. The van der Waals surface area contributed by atoms with Crippen molar-refractivity contribution in [1.82, 2.24) is 5.32 Å². The monoisotopic (exact) mass is 367 g/mol. The average molecular weight is 368 g/mol. The van der Waals surface area contributed by atoms with Gasteiger partial charge in [-0.25, -0.2) is 0 Å². The lowest BCUT2D eigenvalue weighted by atomic mass is 10.1. The van der Waals surface area contributed by atoms with Crippen LogP contribution < -0.4 is 5.32 Å². The predicted octanol–water partition coefficient (Wildman–Crippen LogP) is 4.98. The van der Waals surface area contributed by atoms with Crippen molar-refractivity contribution < 1.29 is 4.79 Å². The fraction of sp³-hybridized carbons (Fsp3) is 0.278. The number of halogens is 2. The van der Waals surface area contributed by atoms with Crippen molar-refractivity contribution in [2.75, 3.05) is 12.3 Å². The summed E-state index contributed by atoms with van der Waals surface area (Å²) < 4.78 is 0. The number of thioether (sulfide) groups is 1. The van der Waals surface area contributed by atoms with E-state index < -0.39 is 0 Å². The highest BCUT2D eigenvalue weighted by molar-refractivity contribution is 7.98. The van der Waals surface area contributed by atoms with Crippen LogP contribution in [0.5, 0.6) is 0 Å². The molecular formula is C18H19Cl2NOS. The molecule has 0 aliphatic heterocycles. The molecule has 0 aliphatic carbocycles. The van der Waals surface area contributed by atoms with E-state index >= 15 is 0 Å². The first-order valence-electron chi connectivity index (χ1n) is 7.47. The number of carbonyl (C=O) groups is 1. The summed E-state index contributed by atoms with van der Waals surface area (Å²) in [6, 6.07) is 15.7. The molecule has 0 aliphatic rings. The molecule has 5 heteroatoms. The van der Waals surface area contributed by atoms with Gasteiger partial charge in [0.05, 0.1) is 0 Å². The lowest BCUT2D eigenvalue weighted by Gasteiger charge is -2.07. The Morgan fingerprint density at radius 3 is 2.61 bits per heavy atom. The highest BCUT2D eigenvalue weighted by Crippen LogP contribution is 2.22. The maximum Gasteiger partial charge on any atom is 0.220 e. The molecule has 2 nitrogen and oxygen atoms in total. The Kier molecular flexibility index (Phi) is 7.80. The first kappa shape index (κ1) is 18.2. The van der Waals surface area contributed by atoms with E-state index in [-0.39, 0.29) is 5.91 Å². The molecule has 1 N–H and O–H groups in total. The van der Waals surface area contributed by atoms with Crippen molar-refractivity contribution >= 4 is 40.9 Å². The van der Waals surface area contributed by atoms with E-state index in [0.29, 0.717) is 29.4 Å². The molecule has 0 saturated heterocycles. The van der Waals surface area contributed by atoms with Crippen molar-refractivity contribution in [2.24, 2.45) is 0 Å². The Morgan fingerprint density at radius 2 is 1.87 bits per heavy atom. The summed E-state index contributed by atoms with van der Waals surface area (Å²) >= 11 is 13.8. The van der Waals surface area contributed by atoms with E-state index in [1.807, 2.05) is 36.0 Å². The Bertz CT molecular complexity index is 634. The first-order chi connectivity index (χ1) is 11.1. The normalized spacial score (nSPS) is 10.5. The van der Waals surface area contributed by atoms with E-state index in [2.05, 4.69) is 17.4 Å². The molecule has 0 saturated carbocycles. The third kappa shape index (κ3) is 6.86. The number of aryl methyl sites for hydroxylation is 1. The lowest BCUT2D eigenvalue weighted by molar-refractivity contribution is -0.120. The van der Waals surface area contributed by atoms with E-state index in [0.717, 1.165) is 17.1 Å². The molecule has 1 amide bonds. The smallest absolute Gasteiger partial charge is 0.220 e. The molecule has 2 aromatic carbocycles. The number of nitrogens with one attached hydrogen (secondary N) is 1. The molecular weight excluding hydrogens is 349 g/mol. The summed E-state index contributed by atoms with van der Waals surface area (Å²) in [4.78, 5) is 11.8. The van der Waals surface area contributed by atoms with Gasteiger partial charge < -0.3 is 5.32 Å². The molecule has 122 valence electrons. The van der Waals surface area contributed by atoms with Crippen LogP contribution in [0.3, 0.4) is 0 Å². The second-order valence-corrected chi connectivity index (χ2v) is 7.07. The van der Waals surface area contributed by atoms with Crippen molar-refractivity contribution in [1.29, 1.82) is 0 Å². The van der Waals surface area contributed by atoms with Crippen molar-refractivity contribution in [2.45, 2.75) is 18.6 Å². The zero-order valence-corrected chi connectivity index (χ0v) is 15.1. The highest BCUT2D eigenvalue weighted by Gasteiger charge is 2.05. The quantitative estimate of drug-likeness (QED) is 0.666. The van der Waals surface area contributed by atoms with E-state index in [1.165, 1.54) is 5.56 Å². The van der Waals surface area contributed by atoms with Crippen LogP contribution in [0.1, 0.15) is 17.5 Å². The second kappa shape index (κ2) is 9.86. The Morgan fingerprint density at radius 1 is 1.09 bits per heavy atom. The number of hydrogen-bond acceptors (Lipinski definition) is 2. The van der Waals surface area contributed by atoms with Crippen LogP contribution >= 0.6 is 35.0 Å². The minimum atomic E-state index is 0.0522. The van der Waals surface area contributed by atoms with Gasteiger partial charge in [-0.2, -0.15) is 11.8 Å². The third-order valence-electron chi connectivity index (χ3n) is 3.32. The molecule has 0 atom stereocenters. The third-order valence-corrected chi connectivity index (χ3v) is 4.93. The van der Waals surface area contributed by atoms with Gasteiger partial charge in [-0.3, -0.25) is 4.79 Å². The zero-order chi connectivity index (χ0) is 16.5. The molecule has 0 bridgehead atoms. The minimum Gasteiger partial charge on any atom is -0.355 e. The summed E-state index contributed by atoms with van der Waals surface area (Å²) in [5.74, 6) is 1.93. The molecule has 2 rings (SSSR count). The molecule has 0 aromatic heterocycles. The molecule has 0 heterocycles. The maximum absolute atomic E-state index is 11.8. The zero-order valence-electron chi connectivity index (χ0n) is 12.7. The Balaban J connectivity index is 1.60. The van der Waals surface area contributed by atoms with Gasteiger partial charge in [-0.05, 0) is 29.7 Å². The van der Waals surface area contributed by atoms with E-state index in [1.54, 1.807) is 12.1 Å². The van der Waals surface area contributed by atoms with Crippen molar-refractivity contribution in [3.63, 3.8) is 0 Å². The fourth-order valence-electron chi connectivity index (χ4n) is 2.09. The number of hydrogen-bond donors (Lipinski definition) is 1. The molecule has 0 unspecified atom stereocenters. The van der Waals surface area contributed by atoms with Gasteiger partial charge in [0.1, 0.15) is 0 Å². The van der Waals surface area contributed by atoms with Crippen molar-refractivity contribution in [3.8, 4) is 0 Å². The number of rotatable bonds is 8. The van der Waals surface area contributed by atoms with Gasteiger partial charge in [-0.1, -0.05) is 59.6 Å². The molecule has 0 radical (unpaired) electrons. The van der Waals surface area contributed by atoms with Gasteiger partial charge in [0, 0.05) is 34.5 Å². The van der Waals surface area contributed by atoms with Crippen LogP contribution in [-0.2, 0) is 17.0 Å². The van der Waals surface area contributed by atoms with Crippen LogP contribution in [0.15, 0.2) is 48.5 Å². The van der Waals surface area contributed by atoms with Crippen LogP contribution in [0.4, 0.5) is 0 Å². The average Bonchev–Trinajstić information content (AvgIpc) is 2.54. The summed E-state index contributed by atoms with van der Waals surface area (Å²) in [7, 11) is 0. The minimum absolute atomic E-state index is 0.0522. The second-order valence-electron chi connectivity index (χ2n) is 5.12. The van der Waals surface area contributed by atoms with E-state index in [9.17, 15) is 4.79 Å². The summed E-state index contributed by atoms with van der Waals surface area (Å²) in [6.45, 7) is 0.685. The fourth-order valence-corrected chi connectivity index (χ4v) is 3.41. The molecule has 2 aromatic rings. The topological polar surface area (TPSA) is 29.1 Å². The standard InChI is InChI=1S/C18H19Cl2NOS/c19-16-8-6-15(17(20)12-16)7-9-18(22)21-10-11-23-13-14-4-2-1-3-5-14/h1-6,8,12H,7,9-11,13H2,(H,21,22). The SMILES string of the molecule is O=C(CCc1ccc(Cl)cc1Cl)NCCSCc1ccccc1. The maximum atomic E-state index is 11.8. The van der Waals surface area contributed by atoms with Gasteiger partial charge >= 0.3 is 0 Å². The number of carbonyl (C=O) groups excluding carboxylic acids is 1. The Hall–Kier alpha value is -1.16. The first-order valence-corrected chi connectivity index (χ1v) is 9.38. The van der Waals surface area contributed by atoms with Gasteiger partial charge in [0.25, 0.3) is 0 Å². The largest absolute Gasteiger partial charge is 0.355 e.